The molecule has 1 aromatic carbocycles. The molecule has 0 atom stereocenters. The Hall–Kier alpha value is -2.69. The smallest absolute Gasteiger partial charge is 0.308 e. The van der Waals surface area contributed by atoms with Crippen LogP contribution in [0.5, 0.6) is 0 Å². The number of aromatic nitrogens is 3. The predicted octanol–water partition coefficient (Wildman–Crippen LogP) is 2.00. The van der Waals surface area contributed by atoms with Crippen molar-refractivity contribution < 1.29 is 21.6 Å². The molecule has 2 aromatic heterocycles. The zero-order chi connectivity index (χ0) is 20.1. The van der Waals surface area contributed by atoms with Crippen LogP contribution in [0.3, 0.4) is 0 Å². The van der Waals surface area contributed by atoms with Crippen LogP contribution in [0.15, 0.2) is 23.0 Å². The lowest BCUT2D eigenvalue weighted by atomic mass is 10.1. The summed E-state index contributed by atoms with van der Waals surface area (Å²) in [4.78, 5) is 15.8. The number of nitriles is 1. The average molecular weight is 417 g/mol. The monoisotopic (exact) mass is 417 g/mol. The van der Waals surface area contributed by atoms with Crippen LogP contribution >= 0.6 is 11.3 Å². The van der Waals surface area contributed by atoms with Crippen LogP contribution in [0, 0.1) is 11.3 Å². The lowest BCUT2D eigenvalue weighted by Gasteiger charge is -2.13. The topological polar surface area (TPSA) is 112 Å². The first-order chi connectivity index (χ1) is 12.5. The highest BCUT2D eigenvalue weighted by atomic mass is 32.2. The summed E-state index contributed by atoms with van der Waals surface area (Å²) in [6.45, 7) is 0. The third-order valence-electron chi connectivity index (χ3n) is 3.60. The molecule has 1 N–H and O–H groups in total. The molecule has 8 nitrogen and oxygen atoms in total. The summed E-state index contributed by atoms with van der Waals surface area (Å²) >= 11 is 0.349. The van der Waals surface area contributed by atoms with Crippen molar-refractivity contribution in [3.63, 3.8) is 0 Å². The molecule has 3 aromatic rings. The summed E-state index contributed by atoms with van der Waals surface area (Å²) in [5.74, 6) is -0.436. The fraction of sp³-hybridized carbons (Fsp3) is 0.214. The molecule has 0 amide bonds. The molecule has 0 saturated carbocycles. The van der Waals surface area contributed by atoms with E-state index in [1.54, 1.807) is 11.1 Å². The Morgan fingerprint density at radius 3 is 2.56 bits per heavy atom. The van der Waals surface area contributed by atoms with Crippen LogP contribution < -0.4 is 4.87 Å². The normalized spacial score (nSPS) is 12.6. The van der Waals surface area contributed by atoms with Gasteiger partial charge in [0.05, 0.1) is 15.9 Å². The maximum Gasteiger partial charge on any atom is 0.432 e. The van der Waals surface area contributed by atoms with Crippen LogP contribution in [0.4, 0.5) is 13.2 Å². The molecule has 0 bridgehead atoms. The number of H-pyrrole nitrogens is 1. The number of nitrogens with one attached hydrogen (secondary N) is 1. The van der Waals surface area contributed by atoms with Crippen molar-refractivity contribution in [2.75, 3.05) is 14.1 Å². The van der Waals surface area contributed by atoms with E-state index in [-0.39, 0.29) is 21.5 Å². The SMILES string of the molecule is CN(C)S(=O)(=O)n1c(C#N)nc2ccc(-c3sc(=O)[nH]c3C(F)(F)F)cc21. The fourth-order valence-corrected chi connectivity index (χ4v) is 4.27. The molecular formula is C14H10F3N5O3S2. The third kappa shape index (κ3) is 3.11. The number of hydrogen-bond donors (Lipinski definition) is 1. The molecule has 2 heterocycles. The molecule has 27 heavy (non-hydrogen) atoms. The second-order valence-corrected chi connectivity index (χ2v) is 8.50. The predicted molar refractivity (Wildman–Crippen MR) is 91.4 cm³/mol. The Morgan fingerprint density at radius 2 is 2.00 bits per heavy atom. The Morgan fingerprint density at radius 1 is 1.33 bits per heavy atom. The van der Waals surface area contributed by atoms with Crippen LogP contribution in [-0.2, 0) is 16.4 Å². The Balaban J connectivity index is 2.36. The minimum atomic E-state index is -4.79. The van der Waals surface area contributed by atoms with Crippen LogP contribution in [-0.4, -0.2) is 40.8 Å². The average Bonchev–Trinajstić information content (AvgIpc) is 3.14. The van der Waals surface area contributed by atoms with Crippen molar-refractivity contribution in [3.05, 3.63) is 39.4 Å². The number of imidazole rings is 1. The van der Waals surface area contributed by atoms with E-state index in [2.05, 4.69) is 4.98 Å². The number of hydrogen-bond acceptors (Lipinski definition) is 6. The van der Waals surface area contributed by atoms with Gasteiger partial charge in [-0.05, 0) is 17.7 Å². The number of halogens is 3. The van der Waals surface area contributed by atoms with Gasteiger partial charge in [-0.2, -0.15) is 35.1 Å². The van der Waals surface area contributed by atoms with Gasteiger partial charge in [-0.3, -0.25) is 4.79 Å². The number of rotatable bonds is 3. The number of alkyl halides is 3. The summed E-state index contributed by atoms with van der Waals surface area (Å²) in [6, 6.07) is 5.37. The standard InChI is InChI=1S/C14H10F3N5O3S2/c1-21(2)27(24,25)22-9-5-7(3-4-8(9)19-10(22)6-18)11-12(14(15,16)17)20-13(23)26-11/h3-5H,1-2H3,(H,20,23). The number of thiazole rings is 1. The second-order valence-electron chi connectivity index (χ2n) is 5.52. The minimum absolute atomic E-state index is 0.0298. The van der Waals surface area contributed by atoms with Gasteiger partial charge in [-0.25, -0.2) is 4.98 Å². The minimum Gasteiger partial charge on any atom is -0.308 e. The number of nitrogens with zero attached hydrogens (tertiary/aromatic N) is 4. The first-order valence-corrected chi connectivity index (χ1v) is 9.34. The molecule has 0 aliphatic carbocycles. The Bertz CT molecular complexity index is 1250. The van der Waals surface area contributed by atoms with Crippen LogP contribution in [0.1, 0.15) is 11.5 Å². The molecule has 0 radical (unpaired) electrons. The van der Waals surface area contributed by atoms with E-state index in [0.717, 1.165) is 10.4 Å². The van der Waals surface area contributed by atoms with Crippen molar-refractivity contribution in [3.8, 4) is 16.5 Å². The fourth-order valence-electron chi connectivity index (χ4n) is 2.39. The maximum absolute atomic E-state index is 13.2. The van der Waals surface area contributed by atoms with Crippen LogP contribution in [0.25, 0.3) is 21.5 Å². The van der Waals surface area contributed by atoms with Crippen molar-refractivity contribution in [2.45, 2.75) is 6.18 Å². The first-order valence-electron chi connectivity index (χ1n) is 7.13. The summed E-state index contributed by atoms with van der Waals surface area (Å²) in [7, 11) is -1.67. The van der Waals surface area contributed by atoms with E-state index in [1.807, 2.05) is 0 Å². The first kappa shape index (κ1) is 19.1. The highest BCUT2D eigenvalue weighted by Gasteiger charge is 2.37. The number of aromatic amines is 1. The largest absolute Gasteiger partial charge is 0.432 e. The van der Waals surface area contributed by atoms with E-state index < -0.39 is 32.8 Å². The van der Waals surface area contributed by atoms with Gasteiger partial charge in [0.2, 0.25) is 5.82 Å². The van der Waals surface area contributed by atoms with E-state index >= 15 is 0 Å². The Labute approximate surface area is 154 Å². The molecule has 0 saturated heterocycles. The highest BCUT2D eigenvalue weighted by molar-refractivity contribution is 7.87. The van der Waals surface area contributed by atoms with Gasteiger partial charge < -0.3 is 4.98 Å². The van der Waals surface area contributed by atoms with Gasteiger partial charge in [-0.15, -0.1) is 0 Å². The van der Waals surface area contributed by atoms with Gasteiger partial charge in [0, 0.05) is 14.1 Å². The molecule has 142 valence electrons. The van der Waals surface area contributed by atoms with Crippen molar-refractivity contribution in [1.29, 1.82) is 5.26 Å². The zero-order valence-electron chi connectivity index (χ0n) is 13.7. The van der Waals surface area contributed by atoms with Crippen molar-refractivity contribution in [2.24, 2.45) is 0 Å². The van der Waals surface area contributed by atoms with Gasteiger partial charge >= 0.3 is 21.3 Å². The summed E-state index contributed by atoms with van der Waals surface area (Å²) in [5, 5.41) is 9.20. The van der Waals surface area contributed by atoms with Gasteiger partial charge in [0.25, 0.3) is 0 Å². The summed E-state index contributed by atoms with van der Waals surface area (Å²) < 4.78 is 66.1. The molecule has 0 fully saturated rings. The molecule has 0 unspecified atom stereocenters. The zero-order valence-corrected chi connectivity index (χ0v) is 15.3. The molecule has 13 heteroatoms. The van der Waals surface area contributed by atoms with Gasteiger partial charge in [0.15, 0.2) is 0 Å². The van der Waals surface area contributed by atoms with Crippen molar-refractivity contribution in [1.82, 2.24) is 18.2 Å². The molecule has 0 spiro atoms. The second kappa shape index (κ2) is 6.19. The van der Waals surface area contributed by atoms with E-state index in [4.69, 9.17) is 0 Å². The molecule has 0 aliphatic heterocycles. The maximum atomic E-state index is 13.2. The molecule has 0 aliphatic rings. The van der Waals surface area contributed by atoms with E-state index in [1.165, 1.54) is 26.2 Å². The number of fused-ring (bicyclic) bond motifs is 1. The van der Waals surface area contributed by atoms with Crippen LogP contribution in [0.2, 0.25) is 0 Å². The molecule has 3 rings (SSSR count). The lowest BCUT2D eigenvalue weighted by molar-refractivity contribution is -0.140. The van der Waals surface area contributed by atoms with Crippen molar-refractivity contribution >= 4 is 32.6 Å². The quantitative estimate of drug-likeness (QED) is 0.701. The number of benzene rings is 1. The van der Waals surface area contributed by atoms with E-state index in [9.17, 15) is 31.6 Å². The highest BCUT2D eigenvalue weighted by Crippen LogP contribution is 2.38. The van der Waals surface area contributed by atoms with Gasteiger partial charge in [0.1, 0.15) is 11.8 Å². The van der Waals surface area contributed by atoms with E-state index in [0.29, 0.717) is 15.3 Å². The third-order valence-corrected chi connectivity index (χ3v) is 6.29. The lowest BCUT2D eigenvalue weighted by Crippen LogP contribution is -2.29. The summed E-state index contributed by atoms with van der Waals surface area (Å²) in [5.41, 5.74) is -1.22. The summed E-state index contributed by atoms with van der Waals surface area (Å²) in [6.07, 6.45) is -4.79. The van der Waals surface area contributed by atoms with Gasteiger partial charge in [-0.1, -0.05) is 17.4 Å². The molecular weight excluding hydrogens is 407 g/mol. The Kier molecular flexibility index (Phi) is 4.37.